The lowest BCUT2D eigenvalue weighted by Crippen LogP contribution is -1.99. The van der Waals surface area contributed by atoms with Crippen molar-refractivity contribution in [3.8, 4) is 17.2 Å². The van der Waals surface area contributed by atoms with Crippen molar-refractivity contribution in [2.75, 3.05) is 5.32 Å². The Morgan fingerprint density at radius 2 is 2.30 bits per heavy atom. The summed E-state index contributed by atoms with van der Waals surface area (Å²) in [5, 5.41) is 17.5. The molecule has 0 saturated carbocycles. The summed E-state index contributed by atoms with van der Waals surface area (Å²) in [6.45, 7) is 1.95. The summed E-state index contributed by atoms with van der Waals surface area (Å²) >= 11 is 1.39. The minimum absolute atomic E-state index is 0.258. The number of hydrogen-bond donors (Lipinski definition) is 1. The van der Waals surface area contributed by atoms with Gasteiger partial charge in [-0.05, 0) is 30.6 Å². The Kier molecular flexibility index (Phi) is 3.06. The van der Waals surface area contributed by atoms with E-state index in [1.807, 2.05) is 25.1 Å². The number of nitrogens with zero attached hydrogens (tertiary/aromatic N) is 5. The highest BCUT2D eigenvalue weighted by atomic mass is 32.1. The number of nitrogens with one attached hydrogen (secondary N) is 1. The van der Waals surface area contributed by atoms with E-state index in [-0.39, 0.29) is 5.76 Å². The van der Waals surface area contributed by atoms with Crippen LogP contribution in [0.1, 0.15) is 11.5 Å². The van der Waals surface area contributed by atoms with Gasteiger partial charge in [0.1, 0.15) is 23.2 Å². The molecule has 0 aromatic carbocycles. The van der Waals surface area contributed by atoms with Crippen LogP contribution in [0.15, 0.2) is 41.3 Å². The van der Waals surface area contributed by atoms with Crippen LogP contribution in [0.5, 0.6) is 0 Å². The molecular formula is C15H10N6OS. The summed E-state index contributed by atoms with van der Waals surface area (Å²) < 4.78 is 11.1. The van der Waals surface area contributed by atoms with Gasteiger partial charge in [0, 0.05) is 23.4 Å². The van der Waals surface area contributed by atoms with Crippen molar-refractivity contribution in [2.24, 2.45) is 0 Å². The average molecular weight is 322 g/mol. The van der Waals surface area contributed by atoms with Crippen molar-refractivity contribution in [2.45, 2.75) is 6.92 Å². The Bertz CT molecular complexity index is 1040. The highest BCUT2D eigenvalue weighted by Crippen LogP contribution is 2.28. The zero-order chi connectivity index (χ0) is 15.8. The number of hydrogen-bond acceptors (Lipinski definition) is 7. The molecule has 0 aliphatic carbocycles. The van der Waals surface area contributed by atoms with Crippen molar-refractivity contribution in [1.29, 1.82) is 5.26 Å². The van der Waals surface area contributed by atoms with E-state index in [0.29, 0.717) is 5.65 Å². The number of aromatic nitrogens is 4. The van der Waals surface area contributed by atoms with E-state index in [1.54, 1.807) is 23.0 Å². The van der Waals surface area contributed by atoms with Crippen LogP contribution in [-0.4, -0.2) is 19.0 Å². The van der Waals surface area contributed by atoms with Crippen LogP contribution in [-0.2, 0) is 0 Å². The first kappa shape index (κ1) is 13.5. The zero-order valence-electron chi connectivity index (χ0n) is 12.0. The van der Waals surface area contributed by atoms with E-state index in [9.17, 15) is 0 Å². The molecule has 0 radical (unpaired) electrons. The number of fused-ring (bicyclic) bond motifs is 1. The average Bonchev–Trinajstić information content (AvgIpc) is 3.26. The Labute approximate surface area is 135 Å². The van der Waals surface area contributed by atoms with Crippen LogP contribution in [0.25, 0.3) is 16.8 Å². The molecule has 4 rings (SSSR count). The molecule has 8 heteroatoms. The molecule has 0 fully saturated rings. The molecule has 0 bridgehead atoms. The van der Waals surface area contributed by atoms with Crippen LogP contribution in [0.3, 0.4) is 0 Å². The van der Waals surface area contributed by atoms with E-state index in [2.05, 4.69) is 19.8 Å². The smallest absolute Gasteiger partial charge is 0.203 e. The van der Waals surface area contributed by atoms with E-state index in [4.69, 9.17) is 9.68 Å². The van der Waals surface area contributed by atoms with Gasteiger partial charge in [0.05, 0.1) is 11.9 Å². The van der Waals surface area contributed by atoms with Crippen molar-refractivity contribution in [3.05, 3.63) is 48.3 Å². The topological polar surface area (TPSA) is 92.0 Å². The van der Waals surface area contributed by atoms with Crippen LogP contribution in [0, 0.1) is 18.3 Å². The molecule has 0 aliphatic rings. The summed E-state index contributed by atoms with van der Waals surface area (Å²) in [5.41, 5.74) is 3.22. The maximum absolute atomic E-state index is 8.88. The van der Waals surface area contributed by atoms with Gasteiger partial charge in [0.2, 0.25) is 5.76 Å². The first-order chi connectivity index (χ1) is 11.2. The molecule has 4 heterocycles. The quantitative estimate of drug-likeness (QED) is 0.621. The van der Waals surface area contributed by atoms with Gasteiger partial charge in [-0.25, -0.2) is 4.98 Å². The van der Waals surface area contributed by atoms with Gasteiger partial charge in [-0.2, -0.15) is 19.2 Å². The summed E-state index contributed by atoms with van der Waals surface area (Å²) in [5.74, 6) is 1.04. The van der Waals surface area contributed by atoms with Crippen molar-refractivity contribution >= 4 is 28.0 Å². The van der Waals surface area contributed by atoms with Crippen molar-refractivity contribution in [3.63, 3.8) is 0 Å². The molecule has 0 unspecified atom stereocenters. The van der Waals surface area contributed by atoms with Crippen molar-refractivity contribution in [1.82, 2.24) is 19.0 Å². The molecule has 112 valence electrons. The maximum Gasteiger partial charge on any atom is 0.203 e. The Morgan fingerprint density at radius 3 is 3.04 bits per heavy atom. The van der Waals surface area contributed by atoms with E-state index >= 15 is 0 Å². The third kappa shape index (κ3) is 2.33. The van der Waals surface area contributed by atoms with Crippen molar-refractivity contribution < 1.29 is 4.42 Å². The third-order valence-electron chi connectivity index (χ3n) is 3.30. The van der Waals surface area contributed by atoms with Gasteiger partial charge >= 0.3 is 0 Å². The SMILES string of the molecule is Cc1cc(Nc2ccnc3c(-c4coc(C#N)c4)cnn23)sn1. The summed E-state index contributed by atoms with van der Waals surface area (Å²) in [6, 6.07) is 7.45. The largest absolute Gasteiger partial charge is 0.453 e. The van der Waals surface area contributed by atoms with Crippen LogP contribution < -0.4 is 5.32 Å². The molecule has 0 saturated heterocycles. The minimum atomic E-state index is 0.258. The fourth-order valence-electron chi connectivity index (χ4n) is 2.27. The molecule has 4 aromatic rings. The predicted molar refractivity (Wildman–Crippen MR) is 85.5 cm³/mol. The third-order valence-corrected chi connectivity index (χ3v) is 4.10. The highest BCUT2D eigenvalue weighted by molar-refractivity contribution is 7.10. The number of anilines is 2. The lowest BCUT2D eigenvalue weighted by Gasteiger charge is -2.05. The monoisotopic (exact) mass is 322 g/mol. The lowest BCUT2D eigenvalue weighted by molar-refractivity contribution is 0.553. The molecule has 0 atom stereocenters. The zero-order valence-corrected chi connectivity index (χ0v) is 12.8. The molecule has 0 amide bonds. The highest BCUT2D eigenvalue weighted by Gasteiger charge is 2.13. The van der Waals surface area contributed by atoms with Gasteiger partial charge in [-0.15, -0.1) is 0 Å². The van der Waals surface area contributed by atoms with Crippen LogP contribution in [0.4, 0.5) is 10.8 Å². The normalized spacial score (nSPS) is 10.8. The second kappa shape index (κ2) is 5.23. The fraction of sp³-hybridized carbons (Fsp3) is 0.0667. The standard InChI is InChI=1S/C15H10N6OS/c1-9-4-14(23-20-9)19-13-2-3-17-15-12(7-18-21(13)15)10-5-11(6-16)22-8-10/h2-5,7-8,19H,1H3. The number of aryl methyl sites for hydroxylation is 1. The van der Waals surface area contributed by atoms with Gasteiger partial charge < -0.3 is 9.73 Å². The summed E-state index contributed by atoms with van der Waals surface area (Å²) in [6.07, 6.45) is 4.95. The fourth-order valence-corrected chi connectivity index (χ4v) is 2.94. The summed E-state index contributed by atoms with van der Waals surface area (Å²) in [7, 11) is 0. The van der Waals surface area contributed by atoms with Gasteiger partial charge in [0.25, 0.3) is 0 Å². The van der Waals surface area contributed by atoms with E-state index in [1.165, 1.54) is 17.8 Å². The molecule has 7 nitrogen and oxygen atoms in total. The van der Waals surface area contributed by atoms with Gasteiger partial charge in [-0.1, -0.05) is 0 Å². The number of rotatable bonds is 3. The van der Waals surface area contributed by atoms with Gasteiger partial charge in [0.15, 0.2) is 5.65 Å². The molecule has 1 N–H and O–H groups in total. The number of furan rings is 1. The lowest BCUT2D eigenvalue weighted by atomic mass is 10.2. The van der Waals surface area contributed by atoms with Gasteiger partial charge in [-0.3, -0.25) is 0 Å². The molecule has 0 aliphatic heterocycles. The Hall–Kier alpha value is -3.18. The Balaban J connectivity index is 1.78. The number of nitriles is 1. The molecule has 4 aromatic heterocycles. The maximum atomic E-state index is 8.88. The first-order valence-electron chi connectivity index (χ1n) is 6.77. The van der Waals surface area contributed by atoms with Crippen LogP contribution in [0.2, 0.25) is 0 Å². The van der Waals surface area contributed by atoms with Crippen LogP contribution >= 0.6 is 11.5 Å². The Morgan fingerprint density at radius 1 is 1.39 bits per heavy atom. The van der Waals surface area contributed by atoms with E-state index in [0.717, 1.165) is 27.6 Å². The molecule has 0 spiro atoms. The first-order valence-corrected chi connectivity index (χ1v) is 7.54. The minimum Gasteiger partial charge on any atom is -0.453 e. The molecular weight excluding hydrogens is 312 g/mol. The predicted octanol–water partition coefficient (Wildman–Crippen LogP) is 3.37. The second-order valence-electron chi connectivity index (χ2n) is 4.89. The molecule has 23 heavy (non-hydrogen) atoms. The second-order valence-corrected chi connectivity index (χ2v) is 5.70. The van der Waals surface area contributed by atoms with E-state index < -0.39 is 0 Å². The summed E-state index contributed by atoms with van der Waals surface area (Å²) in [4.78, 5) is 4.38.